The van der Waals surface area contributed by atoms with Crippen LogP contribution in [0.3, 0.4) is 0 Å². The van der Waals surface area contributed by atoms with E-state index in [2.05, 4.69) is 15.9 Å². The first-order chi connectivity index (χ1) is 7.47. The summed E-state index contributed by atoms with van der Waals surface area (Å²) < 4.78 is 0.841. The van der Waals surface area contributed by atoms with Crippen molar-refractivity contribution in [3.8, 4) is 5.75 Å². The summed E-state index contributed by atoms with van der Waals surface area (Å²) in [7, 11) is 0. The van der Waals surface area contributed by atoms with Crippen molar-refractivity contribution in [1.82, 2.24) is 0 Å². The van der Waals surface area contributed by atoms with Crippen LogP contribution in [0.4, 0.5) is 0 Å². The standard InChI is InChI=1S/C12H13BrO3/c1-7-5-10(14)8(6-9(7)13)12(11(15)16)3-2-4-12/h5-6,14H,2-4H2,1H3,(H,15,16). The summed E-state index contributed by atoms with van der Waals surface area (Å²) in [5.41, 5.74) is 0.560. The Morgan fingerprint density at radius 2 is 2.06 bits per heavy atom. The lowest BCUT2D eigenvalue weighted by atomic mass is 9.64. The van der Waals surface area contributed by atoms with E-state index in [1.54, 1.807) is 12.1 Å². The highest BCUT2D eigenvalue weighted by Gasteiger charge is 2.47. The fraction of sp³-hybridized carbons (Fsp3) is 0.417. The number of hydrogen-bond acceptors (Lipinski definition) is 2. The Hall–Kier alpha value is -1.03. The molecule has 0 saturated heterocycles. The zero-order valence-electron chi connectivity index (χ0n) is 8.96. The Morgan fingerprint density at radius 3 is 2.50 bits per heavy atom. The van der Waals surface area contributed by atoms with Crippen molar-refractivity contribution in [2.45, 2.75) is 31.6 Å². The second kappa shape index (κ2) is 3.77. The van der Waals surface area contributed by atoms with E-state index >= 15 is 0 Å². The second-order valence-corrected chi connectivity index (χ2v) is 5.21. The average molecular weight is 285 g/mol. The molecule has 1 aliphatic carbocycles. The van der Waals surface area contributed by atoms with E-state index < -0.39 is 11.4 Å². The molecule has 1 aromatic rings. The van der Waals surface area contributed by atoms with Gasteiger partial charge in [0.15, 0.2) is 0 Å². The first kappa shape index (κ1) is 11.5. The van der Waals surface area contributed by atoms with Crippen molar-refractivity contribution in [2.75, 3.05) is 0 Å². The molecule has 0 aliphatic heterocycles. The Balaban J connectivity index is 2.55. The van der Waals surface area contributed by atoms with Gasteiger partial charge in [0.05, 0.1) is 5.41 Å². The molecule has 16 heavy (non-hydrogen) atoms. The Morgan fingerprint density at radius 1 is 1.44 bits per heavy atom. The van der Waals surface area contributed by atoms with Crippen LogP contribution in [0, 0.1) is 6.92 Å². The third kappa shape index (κ3) is 1.52. The van der Waals surface area contributed by atoms with Crippen molar-refractivity contribution in [3.05, 3.63) is 27.7 Å². The van der Waals surface area contributed by atoms with Gasteiger partial charge in [0.25, 0.3) is 0 Å². The molecule has 1 aromatic carbocycles. The minimum absolute atomic E-state index is 0.0859. The highest BCUT2D eigenvalue weighted by atomic mass is 79.9. The summed E-state index contributed by atoms with van der Waals surface area (Å²) in [6.45, 7) is 1.86. The number of rotatable bonds is 2. The van der Waals surface area contributed by atoms with Crippen LogP contribution in [0.1, 0.15) is 30.4 Å². The summed E-state index contributed by atoms with van der Waals surface area (Å²) in [6, 6.07) is 3.35. The second-order valence-electron chi connectivity index (χ2n) is 4.36. The fourth-order valence-electron chi connectivity index (χ4n) is 2.18. The van der Waals surface area contributed by atoms with Crippen LogP contribution >= 0.6 is 15.9 Å². The van der Waals surface area contributed by atoms with Crippen molar-refractivity contribution < 1.29 is 15.0 Å². The SMILES string of the molecule is Cc1cc(O)c(C2(C(=O)O)CCC2)cc1Br. The first-order valence-electron chi connectivity index (χ1n) is 5.20. The maximum Gasteiger partial charge on any atom is 0.314 e. The molecule has 0 unspecified atom stereocenters. The van der Waals surface area contributed by atoms with Gasteiger partial charge in [-0.25, -0.2) is 0 Å². The molecule has 0 amide bonds. The van der Waals surface area contributed by atoms with E-state index in [-0.39, 0.29) is 5.75 Å². The van der Waals surface area contributed by atoms with Crippen LogP contribution in [0.5, 0.6) is 5.75 Å². The number of benzene rings is 1. The highest BCUT2D eigenvalue weighted by Crippen LogP contribution is 2.48. The Bertz CT molecular complexity index is 450. The molecule has 86 valence electrons. The van der Waals surface area contributed by atoms with E-state index in [4.69, 9.17) is 0 Å². The van der Waals surface area contributed by atoms with Crippen LogP contribution in [0.2, 0.25) is 0 Å². The molecule has 0 bridgehead atoms. The number of carboxylic acids is 1. The predicted molar refractivity (Wildman–Crippen MR) is 63.7 cm³/mol. The molecule has 0 radical (unpaired) electrons. The monoisotopic (exact) mass is 284 g/mol. The molecule has 3 nitrogen and oxygen atoms in total. The third-order valence-electron chi connectivity index (χ3n) is 3.41. The normalized spacial score (nSPS) is 17.9. The molecule has 1 aliphatic rings. The van der Waals surface area contributed by atoms with Crippen LogP contribution in [0.25, 0.3) is 0 Å². The summed E-state index contributed by atoms with van der Waals surface area (Å²) in [5, 5.41) is 19.2. The Labute approximate surface area is 102 Å². The minimum Gasteiger partial charge on any atom is -0.508 e. The number of phenolic OH excluding ortho intramolecular Hbond substituents is 1. The van der Waals surface area contributed by atoms with E-state index in [1.807, 2.05) is 6.92 Å². The summed E-state index contributed by atoms with van der Waals surface area (Å²) in [4.78, 5) is 11.3. The molecule has 0 spiro atoms. The molecule has 0 aromatic heterocycles. The number of carboxylic acid groups (broad SMARTS) is 1. The smallest absolute Gasteiger partial charge is 0.314 e. The van der Waals surface area contributed by atoms with Crippen LogP contribution in [-0.4, -0.2) is 16.2 Å². The quantitative estimate of drug-likeness (QED) is 0.878. The number of phenols is 1. The lowest BCUT2D eigenvalue weighted by molar-refractivity contribution is -0.147. The van der Waals surface area contributed by atoms with Crippen LogP contribution in [-0.2, 0) is 10.2 Å². The van der Waals surface area contributed by atoms with Gasteiger partial charge in [0, 0.05) is 10.0 Å². The third-order valence-corrected chi connectivity index (χ3v) is 4.26. The summed E-state index contributed by atoms with van der Waals surface area (Å²) >= 11 is 3.37. The van der Waals surface area contributed by atoms with Gasteiger partial charge in [-0.05, 0) is 37.5 Å². The molecule has 0 atom stereocenters. The highest BCUT2D eigenvalue weighted by molar-refractivity contribution is 9.10. The largest absolute Gasteiger partial charge is 0.508 e. The molecule has 1 saturated carbocycles. The molecule has 1 fully saturated rings. The van der Waals surface area contributed by atoms with E-state index in [1.165, 1.54) is 0 Å². The van der Waals surface area contributed by atoms with E-state index in [9.17, 15) is 15.0 Å². The van der Waals surface area contributed by atoms with Gasteiger partial charge in [-0.3, -0.25) is 4.79 Å². The number of carbonyl (C=O) groups is 1. The van der Waals surface area contributed by atoms with Gasteiger partial charge in [0.1, 0.15) is 5.75 Å². The molecule has 2 rings (SSSR count). The van der Waals surface area contributed by atoms with Crippen molar-refractivity contribution in [2.24, 2.45) is 0 Å². The topological polar surface area (TPSA) is 57.5 Å². The van der Waals surface area contributed by atoms with Gasteiger partial charge in [-0.15, -0.1) is 0 Å². The van der Waals surface area contributed by atoms with Crippen molar-refractivity contribution >= 4 is 21.9 Å². The van der Waals surface area contributed by atoms with E-state index in [0.29, 0.717) is 18.4 Å². The molecule has 0 heterocycles. The summed E-state index contributed by atoms with van der Waals surface area (Å²) in [6.07, 6.45) is 2.11. The lowest BCUT2D eigenvalue weighted by Gasteiger charge is -2.38. The molecule has 4 heteroatoms. The van der Waals surface area contributed by atoms with Crippen molar-refractivity contribution in [1.29, 1.82) is 0 Å². The lowest BCUT2D eigenvalue weighted by Crippen LogP contribution is -2.42. The maximum absolute atomic E-state index is 11.3. The van der Waals surface area contributed by atoms with Gasteiger partial charge in [0.2, 0.25) is 0 Å². The minimum atomic E-state index is -0.875. The van der Waals surface area contributed by atoms with Crippen LogP contribution < -0.4 is 0 Å². The Kier molecular flexibility index (Phi) is 2.70. The maximum atomic E-state index is 11.3. The number of aryl methyl sites for hydroxylation is 1. The molecule has 2 N–H and O–H groups in total. The van der Waals surface area contributed by atoms with Gasteiger partial charge in [-0.1, -0.05) is 22.4 Å². The van der Waals surface area contributed by atoms with E-state index in [0.717, 1.165) is 16.5 Å². The van der Waals surface area contributed by atoms with Crippen molar-refractivity contribution in [3.63, 3.8) is 0 Å². The van der Waals surface area contributed by atoms with Gasteiger partial charge < -0.3 is 10.2 Å². The number of aliphatic carboxylic acids is 1. The first-order valence-corrected chi connectivity index (χ1v) is 6.00. The number of halogens is 1. The van der Waals surface area contributed by atoms with Gasteiger partial charge >= 0.3 is 5.97 Å². The number of hydrogen-bond donors (Lipinski definition) is 2. The molecular formula is C12H13BrO3. The van der Waals surface area contributed by atoms with Gasteiger partial charge in [-0.2, -0.15) is 0 Å². The van der Waals surface area contributed by atoms with Crippen LogP contribution in [0.15, 0.2) is 16.6 Å². The fourth-order valence-corrected chi connectivity index (χ4v) is 2.52. The molecular weight excluding hydrogens is 272 g/mol. The summed E-state index contributed by atoms with van der Waals surface area (Å²) in [5.74, 6) is -0.757. The zero-order valence-corrected chi connectivity index (χ0v) is 10.5. The number of aromatic hydroxyl groups is 1. The average Bonchev–Trinajstić information content (AvgIpc) is 2.11. The predicted octanol–water partition coefficient (Wildman–Crippen LogP) is 2.97. The zero-order chi connectivity index (χ0) is 11.9.